The zero-order valence-electron chi connectivity index (χ0n) is 16.6. The van der Waals surface area contributed by atoms with Gasteiger partial charge >= 0.3 is 12.1 Å². The van der Waals surface area contributed by atoms with E-state index in [2.05, 4.69) is 10.6 Å². The molecule has 0 spiro atoms. The number of hydrogen-bond acceptors (Lipinski definition) is 6. The minimum atomic E-state index is -1.19. The minimum Gasteiger partial charge on any atom is -0.480 e. The third kappa shape index (κ3) is 9.41. The van der Waals surface area contributed by atoms with Gasteiger partial charge in [0.1, 0.15) is 12.6 Å². The molecule has 0 aliphatic rings. The number of carbonyl (C=O) groups excluding carboxylic acids is 3. The Labute approximate surface area is 178 Å². The second-order valence-electron chi connectivity index (χ2n) is 6.38. The lowest BCUT2D eigenvalue weighted by atomic mass is 10.1. The minimum absolute atomic E-state index is 0.0378. The molecule has 0 saturated carbocycles. The Morgan fingerprint density at radius 2 is 1.48 bits per heavy atom. The molecule has 3 amide bonds. The molecule has 164 valence electrons. The van der Waals surface area contributed by atoms with E-state index in [9.17, 15) is 24.3 Å². The second kappa shape index (κ2) is 12.6. The van der Waals surface area contributed by atoms with Gasteiger partial charge in [-0.3, -0.25) is 14.4 Å². The van der Waals surface area contributed by atoms with Crippen molar-refractivity contribution in [3.63, 3.8) is 0 Å². The van der Waals surface area contributed by atoms with Crippen molar-refractivity contribution >= 4 is 23.9 Å². The molecule has 0 unspecified atom stereocenters. The molecular formula is C21H23N3O7. The molecule has 31 heavy (non-hydrogen) atoms. The van der Waals surface area contributed by atoms with Gasteiger partial charge in [0.15, 0.2) is 6.61 Å². The molecule has 0 bridgehead atoms. The normalized spacial score (nSPS) is 11.1. The Hall–Kier alpha value is -3.92. The first-order valence-electron chi connectivity index (χ1n) is 9.35. The SMILES string of the molecule is O=C(CONC(=O)OCc1ccccc1)NCC(=O)N[C@@H](Cc1ccccc1)C(=O)O. The Balaban J connectivity index is 1.62. The summed E-state index contributed by atoms with van der Waals surface area (Å²) in [6.45, 7) is -0.963. The molecule has 2 aromatic carbocycles. The van der Waals surface area contributed by atoms with Gasteiger partial charge in [0.25, 0.3) is 0 Å². The van der Waals surface area contributed by atoms with E-state index >= 15 is 0 Å². The van der Waals surface area contributed by atoms with Crippen LogP contribution in [0.4, 0.5) is 4.79 Å². The molecule has 10 nitrogen and oxygen atoms in total. The molecule has 0 radical (unpaired) electrons. The second-order valence-corrected chi connectivity index (χ2v) is 6.38. The molecule has 2 rings (SSSR count). The van der Waals surface area contributed by atoms with Gasteiger partial charge in [0, 0.05) is 6.42 Å². The lowest BCUT2D eigenvalue weighted by molar-refractivity contribution is -0.141. The predicted octanol–water partition coefficient (Wildman–Crippen LogP) is 0.773. The Kier molecular flexibility index (Phi) is 9.50. The van der Waals surface area contributed by atoms with Gasteiger partial charge in [-0.25, -0.2) is 9.59 Å². The highest BCUT2D eigenvalue weighted by Gasteiger charge is 2.20. The van der Waals surface area contributed by atoms with Crippen LogP contribution in [0.15, 0.2) is 60.7 Å². The van der Waals surface area contributed by atoms with Crippen molar-refractivity contribution in [1.29, 1.82) is 0 Å². The van der Waals surface area contributed by atoms with E-state index in [1.807, 2.05) is 11.5 Å². The van der Waals surface area contributed by atoms with E-state index in [4.69, 9.17) is 9.57 Å². The summed E-state index contributed by atoms with van der Waals surface area (Å²) < 4.78 is 4.90. The Morgan fingerprint density at radius 1 is 0.871 bits per heavy atom. The maximum Gasteiger partial charge on any atom is 0.431 e. The van der Waals surface area contributed by atoms with Gasteiger partial charge in [-0.15, -0.1) is 0 Å². The predicted molar refractivity (Wildman–Crippen MR) is 108 cm³/mol. The molecule has 2 aromatic rings. The lowest BCUT2D eigenvalue weighted by Gasteiger charge is -2.15. The number of benzene rings is 2. The first kappa shape index (κ1) is 23.4. The molecular weight excluding hydrogens is 406 g/mol. The number of ether oxygens (including phenoxy) is 1. The number of rotatable bonds is 11. The van der Waals surface area contributed by atoms with Crippen molar-refractivity contribution in [2.75, 3.05) is 13.2 Å². The summed E-state index contributed by atoms with van der Waals surface area (Å²) in [6, 6.07) is 16.7. The lowest BCUT2D eigenvalue weighted by Crippen LogP contribution is -2.47. The van der Waals surface area contributed by atoms with Crippen LogP contribution in [-0.4, -0.2) is 48.2 Å². The summed E-state index contributed by atoms with van der Waals surface area (Å²) in [5, 5.41) is 13.9. The van der Waals surface area contributed by atoms with Crippen LogP contribution in [0.1, 0.15) is 11.1 Å². The van der Waals surface area contributed by atoms with E-state index in [1.165, 1.54) is 0 Å². The molecule has 0 aliphatic heterocycles. The summed E-state index contributed by atoms with van der Waals surface area (Å²) >= 11 is 0. The summed E-state index contributed by atoms with van der Waals surface area (Å²) in [5.41, 5.74) is 3.48. The number of carboxylic acid groups (broad SMARTS) is 1. The fraction of sp³-hybridized carbons (Fsp3) is 0.238. The number of hydrogen-bond donors (Lipinski definition) is 4. The first-order valence-corrected chi connectivity index (χ1v) is 9.35. The van der Waals surface area contributed by atoms with Crippen molar-refractivity contribution < 1.29 is 33.9 Å². The molecule has 10 heteroatoms. The van der Waals surface area contributed by atoms with Crippen LogP contribution in [0.2, 0.25) is 0 Å². The summed E-state index contributed by atoms with van der Waals surface area (Å²) in [5.74, 6) is -2.55. The van der Waals surface area contributed by atoms with Crippen LogP contribution in [0.25, 0.3) is 0 Å². The highest BCUT2D eigenvalue weighted by atomic mass is 16.7. The van der Waals surface area contributed by atoms with E-state index < -0.39 is 43.1 Å². The van der Waals surface area contributed by atoms with Crippen molar-refractivity contribution in [2.24, 2.45) is 0 Å². The van der Waals surface area contributed by atoms with E-state index in [0.29, 0.717) is 0 Å². The van der Waals surface area contributed by atoms with E-state index in [0.717, 1.165) is 11.1 Å². The van der Waals surface area contributed by atoms with Crippen LogP contribution in [0.3, 0.4) is 0 Å². The quantitative estimate of drug-likeness (QED) is 0.386. The molecule has 0 fully saturated rings. The maximum absolute atomic E-state index is 11.9. The van der Waals surface area contributed by atoms with Gasteiger partial charge in [-0.2, -0.15) is 5.48 Å². The Bertz CT molecular complexity index is 875. The monoisotopic (exact) mass is 429 g/mol. The average molecular weight is 429 g/mol. The zero-order valence-corrected chi connectivity index (χ0v) is 16.6. The first-order chi connectivity index (χ1) is 14.9. The van der Waals surface area contributed by atoms with E-state index in [-0.39, 0.29) is 13.0 Å². The van der Waals surface area contributed by atoms with E-state index in [1.54, 1.807) is 54.6 Å². The van der Waals surface area contributed by atoms with Crippen LogP contribution in [-0.2, 0) is 37.0 Å². The molecule has 1 atom stereocenters. The van der Waals surface area contributed by atoms with Gasteiger partial charge < -0.3 is 20.5 Å². The smallest absolute Gasteiger partial charge is 0.431 e. The number of carbonyl (C=O) groups is 4. The largest absolute Gasteiger partial charge is 0.480 e. The number of aliphatic carboxylic acids is 1. The van der Waals surface area contributed by atoms with Crippen molar-refractivity contribution in [3.8, 4) is 0 Å². The Morgan fingerprint density at radius 3 is 2.10 bits per heavy atom. The van der Waals surface area contributed by atoms with Crippen molar-refractivity contribution in [1.82, 2.24) is 16.1 Å². The average Bonchev–Trinajstić information content (AvgIpc) is 2.77. The summed E-state index contributed by atoms with van der Waals surface area (Å²) in [4.78, 5) is 51.2. The molecule has 0 aliphatic carbocycles. The number of hydroxylamine groups is 1. The fourth-order valence-corrected chi connectivity index (χ4v) is 2.44. The topological polar surface area (TPSA) is 143 Å². The molecule has 0 heterocycles. The fourth-order valence-electron chi connectivity index (χ4n) is 2.44. The van der Waals surface area contributed by atoms with Crippen LogP contribution >= 0.6 is 0 Å². The van der Waals surface area contributed by atoms with Gasteiger partial charge in [0.2, 0.25) is 11.8 Å². The molecule has 0 saturated heterocycles. The van der Waals surface area contributed by atoms with Gasteiger partial charge in [-0.05, 0) is 11.1 Å². The number of carboxylic acids is 1. The highest BCUT2D eigenvalue weighted by molar-refractivity contribution is 5.88. The number of nitrogens with one attached hydrogen (secondary N) is 3. The maximum atomic E-state index is 11.9. The van der Waals surface area contributed by atoms with Crippen LogP contribution in [0.5, 0.6) is 0 Å². The van der Waals surface area contributed by atoms with Crippen LogP contribution < -0.4 is 16.1 Å². The highest BCUT2D eigenvalue weighted by Crippen LogP contribution is 2.03. The summed E-state index contributed by atoms with van der Waals surface area (Å²) in [7, 11) is 0. The van der Waals surface area contributed by atoms with Crippen LogP contribution in [0, 0.1) is 0 Å². The van der Waals surface area contributed by atoms with Crippen molar-refractivity contribution in [2.45, 2.75) is 19.1 Å². The van der Waals surface area contributed by atoms with Crippen molar-refractivity contribution in [3.05, 3.63) is 71.8 Å². The zero-order chi connectivity index (χ0) is 22.5. The van der Waals surface area contributed by atoms with Gasteiger partial charge in [0.05, 0.1) is 6.54 Å². The third-order valence-electron chi connectivity index (χ3n) is 3.93. The number of amides is 3. The molecule has 4 N–H and O–H groups in total. The standard InChI is InChI=1S/C21H23N3O7/c25-18(23-17(20(27)28)11-15-7-3-1-4-8-15)12-22-19(26)14-31-24-21(29)30-13-16-9-5-2-6-10-16/h1-10,17H,11-14H2,(H,22,26)(H,23,25)(H,24,29)(H,27,28)/t17-/m0/s1. The molecule has 0 aromatic heterocycles. The summed E-state index contributed by atoms with van der Waals surface area (Å²) in [6.07, 6.45) is -0.770. The third-order valence-corrected chi connectivity index (χ3v) is 3.93. The van der Waals surface area contributed by atoms with Gasteiger partial charge in [-0.1, -0.05) is 60.7 Å².